The number of aromatic nitrogens is 3. The van der Waals surface area contributed by atoms with Crippen molar-refractivity contribution >= 4 is 28.3 Å². The van der Waals surface area contributed by atoms with Crippen LogP contribution in [0.1, 0.15) is 38.5 Å². The van der Waals surface area contributed by atoms with Crippen LogP contribution in [0.4, 0.5) is 5.13 Å². The number of nitrogens with zero attached hydrogens (tertiary/aromatic N) is 3. The minimum absolute atomic E-state index is 0.0292. The number of aryl methyl sites for hydroxylation is 1. The molecule has 8 heteroatoms. The number of carbonyl (C=O) groups is 2. The summed E-state index contributed by atoms with van der Waals surface area (Å²) in [6.07, 6.45) is 10.5. The topological polar surface area (TPSA) is 88.9 Å². The van der Waals surface area contributed by atoms with E-state index in [9.17, 15) is 9.59 Å². The Labute approximate surface area is 203 Å². The number of benzene rings is 1. The second-order valence-electron chi connectivity index (χ2n) is 10.4. The lowest BCUT2D eigenvalue weighted by Gasteiger charge is -2.55. The maximum atomic E-state index is 13.2. The Bertz CT molecular complexity index is 1200. The second-order valence-corrected chi connectivity index (χ2v) is 11.4. The molecule has 176 valence electrons. The Morgan fingerprint density at radius 2 is 1.76 bits per heavy atom. The molecule has 3 aromatic rings. The Kier molecular flexibility index (Phi) is 5.28. The molecule has 4 aliphatic rings. The standard InChI is InChI=1S/C26H29N5O2S/c1-31-8-7-27-23(31)22-21(19-5-3-2-4-6-19)30-25(34-22)29-20(32)15-28-24(33)26-12-16-9-17(13-26)11-18(10-16)14-26/h2-8,16-18H,9-15H2,1H3,(H,28,33)(H,29,30,32). The number of anilines is 1. The van der Waals surface area contributed by atoms with Crippen LogP contribution in [0.3, 0.4) is 0 Å². The molecule has 2 N–H and O–H groups in total. The minimum atomic E-state index is -0.252. The summed E-state index contributed by atoms with van der Waals surface area (Å²) in [6.45, 7) is -0.0292. The first-order valence-corrected chi connectivity index (χ1v) is 12.9. The molecule has 4 bridgehead atoms. The van der Waals surface area contributed by atoms with E-state index in [1.807, 2.05) is 48.1 Å². The van der Waals surface area contributed by atoms with E-state index in [-0.39, 0.29) is 23.8 Å². The summed E-state index contributed by atoms with van der Waals surface area (Å²) in [4.78, 5) is 36.0. The van der Waals surface area contributed by atoms with Crippen molar-refractivity contribution in [3.63, 3.8) is 0 Å². The van der Waals surface area contributed by atoms with Gasteiger partial charge in [0.15, 0.2) is 11.0 Å². The van der Waals surface area contributed by atoms with Crippen LogP contribution in [0, 0.1) is 23.2 Å². The molecule has 7 rings (SSSR count). The van der Waals surface area contributed by atoms with Gasteiger partial charge in [-0.05, 0) is 56.3 Å². The average molecular weight is 476 g/mol. The smallest absolute Gasteiger partial charge is 0.245 e. The summed E-state index contributed by atoms with van der Waals surface area (Å²) in [6, 6.07) is 9.90. The maximum Gasteiger partial charge on any atom is 0.245 e. The summed E-state index contributed by atoms with van der Waals surface area (Å²) in [7, 11) is 1.94. The van der Waals surface area contributed by atoms with Gasteiger partial charge in [-0.3, -0.25) is 9.59 Å². The molecule has 34 heavy (non-hydrogen) atoms. The number of hydrogen-bond donors (Lipinski definition) is 2. The van der Waals surface area contributed by atoms with E-state index in [1.54, 1.807) is 6.20 Å². The first kappa shape index (κ1) is 21.5. The molecule has 0 atom stereocenters. The van der Waals surface area contributed by atoms with Crippen molar-refractivity contribution in [3.05, 3.63) is 42.7 Å². The van der Waals surface area contributed by atoms with E-state index in [4.69, 9.17) is 4.98 Å². The maximum absolute atomic E-state index is 13.2. The van der Waals surface area contributed by atoms with Gasteiger partial charge >= 0.3 is 0 Å². The molecule has 0 spiro atoms. The Balaban J connectivity index is 1.16. The van der Waals surface area contributed by atoms with Gasteiger partial charge in [-0.15, -0.1) is 0 Å². The molecule has 0 unspecified atom stereocenters. The fourth-order valence-electron chi connectivity index (χ4n) is 6.80. The number of rotatable bonds is 6. The van der Waals surface area contributed by atoms with Gasteiger partial charge in [0.1, 0.15) is 0 Å². The highest BCUT2D eigenvalue weighted by atomic mass is 32.1. The second kappa shape index (κ2) is 8.34. The predicted molar refractivity (Wildman–Crippen MR) is 132 cm³/mol. The van der Waals surface area contributed by atoms with E-state index < -0.39 is 0 Å². The van der Waals surface area contributed by atoms with E-state index in [1.165, 1.54) is 30.6 Å². The zero-order valence-electron chi connectivity index (χ0n) is 19.3. The van der Waals surface area contributed by atoms with E-state index in [0.29, 0.717) is 22.9 Å². The normalized spacial score (nSPS) is 27.0. The number of hydrogen-bond acceptors (Lipinski definition) is 5. The van der Waals surface area contributed by atoms with Gasteiger partial charge in [0.05, 0.1) is 17.1 Å². The summed E-state index contributed by atoms with van der Waals surface area (Å²) < 4.78 is 1.94. The van der Waals surface area contributed by atoms with Gasteiger partial charge in [-0.1, -0.05) is 41.7 Å². The molecule has 4 saturated carbocycles. The van der Waals surface area contributed by atoms with Crippen molar-refractivity contribution in [2.45, 2.75) is 38.5 Å². The van der Waals surface area contributed by atoms with Crippen molar-refractivity contribution in [1.82, 2.24) is 19.9 Å². The first-order chi connectivity index (χ1) is 16.5. The molecule has 2 aromatic heterocycles. The van der Waals surface area contributed by atoms with Gasteiger partial charge in [-0.25, -0.2) is 9.97 Å². The summed E-state index contributed by atoms with van der Waals surface area (Å²) in [5, 5.41) is 6.36. The molecule has 0 aliphatic heterocycles. The zero-order chi connectivity index (χ0) is 23.3. The largest absolute Gasteiger partial charge is 0.347 e. The molecule has 2 heterocycles. The van der Waals surface area contributed by atoms with Gasteiger partial charge in [0.25, 0.3) is 0 Å². The fraction of sp³-hybridized carbons (Fsp3) is 0.462. The third-order valence-corrected chi connectivity index (χ3v) is 8.84. The first-order valence-electron chi connectivity index (χ1n) is 12.1. The highest BCUT2D eigenvalue weighted by molar-refractivity contribution is 7.19. The number of thiazole rings is 1. The third kappa shape index (κ3) is 3.83. The molecule has 4 fully saturated rings. The number of amides is 2. The lowest BCUT2D eigenvalue weighted by molar-refractivity contribution is -0.146. The van der Waals surface area contributed by atoms with E-state index >= 15 is 0 Å². The van der Waals surface area contributed by atoms with Crippen LogP contribution in [-0.4, -0.2) is 32.9 Å². The fourth-order valence-corrected chi connectivity index (χ4v) is 7.84. The van der Waals surface area contributed by atoms with Crippen molar-refractivity contribution in [2.24, 2.45) is 30.2 Å². The van der Waals surface area contributed by atoms with Crippen LogP contribution in [0.5, 0.6) is 0 Å². The number of nitrogens with one attached hydrogen (secondary N) is 2. The van der Waals surface area contributed by atoms with Crippen molar-refractivity contribution in [3.8, 4) is 22.0 Å². The van der Waals surface area contributed by atoms with Crippen LogP contribution < -0.4 is 10.6 Å². The molecule has 4 aliphatic carbocycles. The number of imidazole rings is 1. The molecule has 7 nitrogen and oxygen atoms in total. The van der Waals surface area contributed by atoms with E-state index in [2.05, 4.69) is 15.6 Å². The highest BCUT2D eigenvalue weighted by Gasteiger charge is 2.54. The molecule has 0 radical (unpaired) electrons. The average Bonchev–Trinajstić information content (AvgIpc) is 3.42. The molecular weight excluding hydrogens is 446 g/mol. The van der Waals surface area contributed by atoms with Gasteiger partial charge in [0, 0.05) is 30.4 Å². The summed E-state index contributed by atoms with van der Waals surface area (Å²) in [5.41, 5.74) is 1.50. The van der Waals surface area contributed by atoms with Crippen molar-refractivity contribution < 1.29 is 9.59 Å². The Morgan fingerprint density at radius 1 is 1.09 bits per heavy atom. The lowest BCUT2D eigenvalue weighted by Crippen LogP contribution is -2.54. The lowest BCUT2D eigenvalue weighted by atomic mass is 9.49. The van der Waals surface area contributed by atoms with Crippen LogP contribution in [0.2, 0.25) is 0 Å². The van der Waals surface area contributed by atoms with Crippen LogP contribution in [-0.2, 0) is 16.6 Å². The van der Waals surface area contributed by atoms with Crippen molar-refractivity contribution in [2.75, 3.05) is 11.9 Å². The van der Waals surface area contributed by atoms with Gasteiger partial charge < -0.3 is 15.2 Å². The quantitative estimate of drug-likeness (QED) is 0.550. The third-order valence-electron chi connectivity index (χ3n) is 7.87. The summed E-state index contributed by atoms with van der Waals surface area (Å²) in [5.74, 6) is 2.70. The molecule has 1 aromatic carbocycles. The van der Waals surface area contributed by atoms with Crippen LogP contribution in [0.25, 0.3) is 22.0 Å². The van der Waals surface area contributed by atoms with Gasteiger partial charge in [-0.2, -0.15) is 0 Å². The zero-order valence-corrected chi connectivity index (χ0v) is 20.1. The number of carbonyl (C=O) groups excluding carboxylic acids is 2. The monoisotopic (exact) mass is 475 g/mol. The van der Waals surface area contributed by atoms with Gasteiger partial charge in [0.2, 0.25) is 11.8 Å². The van der Waals surface area contributed by atoms with Crippen molar-refractivity contribution in [1.29, 1.82) is 0 Å². The SMILES string of the molecule is Cn1ccnc1-c1sc(NC(=O)CNC(=O)C23CC4CC(CC(C4)C2)C3)nc1-c1ccccc1. The van der Waals surface area contributed by atoms with Crippen LogP contribution in [0.15, 0.2) is 42.7 Å². The van der Waals surface area contributed by atoms with E-state index in [0.717, 1.165) is 41.2 Å². The molecule has 0 saturated heterocycles. The Morgan fingerprint density at radius 3 is 2.38 bits per heavy atom. The minimum Gasteiger partial charge on any atom is -0.347 e. The highest BCUT2D eigenvalue weighted by Crippen LogP contribution is 2.60. The van der Waals surface area contributed by atoms with Crippen LogP contribution >= 0.6 is 11.3 Å². The summed E-state index contributed by atoms with van der Waals surface area (Å²) >= 11 is 1.40. The molecular formula is C26H29N5O2S. The Hall–Kier alpha value is -3.00. The predicted octanol–water partition coefficient (Wildman–Crippen LogP) is 4.48. The molecule has 2 amide bonds.